The first kappa shape index (κ1) is 13.6. The van der Waals surface area contributed by atoms with Crippen molar-refractivity contribution >= 4 is 28.3 Å². The number of imidazole rings is 1. The maximum Gasteiger partial charge on any atom is 0.323 e. The Labute approximate surface area is 131 Å². The summed E-state index contributed by atoms with van der Waals surface area (Å²) in [5, 5.41) is 7.35. The van der Waals surface area contributed by atoms with Crippen LogP contribution in [-0.2, 0) is 11.8 Å². The molecule has 4 rings (SSSR count). The predicted octanol–water partition coefficient (Wildman–Crippen LogP) is 0.807. The second-order valence-electron chi connectivity index (χ2n) is 5.69. The number of nitrogens with zero attached hydrogens (tertiary/aromatic N) is 3. The highest BCUT2D eigenvalue weighted by Crippen LogP contribution is 2.24. The molecule has 1 fully saturated rings. The summed E-state index contributed by atoms with van der Waals surface area (Å²) in [5.74, 6) is 0.0284. The summed E-state index contributed by atoms with van der Waals surface area (Å²) in [7, 11) is 1.83. The van der Waals surface area contributed by atoms with Crippen LogP contribution in [0.25, 0.3) is 11.0 Å². The smallest absolute Gasteiger partial charge is 0.323 e. The van der Waals surface area contributed by atoms with Crippen molar-refractivity contribution in [1.82, 2.24) is 19.7 Å². The van der Waals surface area contributed by atoms with Gasteiger partial charge in [0.15, 0.2) is 0 Å². The molecule has 3 N–H and O–H groups in total. The zero-order valence-corrected chi connectivity index (χ0v) is 12.5. The van der Waals surface area contributed by atoms with Crippen LogP contribution in [-0.4, -0.2) is 38.2 Å². The Morgan fingerprint density at radius 2 is 2.09 bits per heavy atom. The second kappa shape index (κ2) is 5.01. The van der Waals surface area contributed by atoms with Gasteiger partial charge in [-0.1, -0.05) is 0 Å². The van der Waals surface area contributed by atoms with Crippen molar-refractivity contribution in [2.24, 2.45) is 7.05 Å². The van der Waals surface area contributed by atoms with Crippen molar-refractivity contribution in [2.45, 2.75) is 12.5 Å². The first-order chi connectivity index (χ1) is 11.1. The van der Waals surface area contributed by atoms with Gasteiger partial charge in [-0.05, 0) is 24.6 Å². The van der Waals surface area contributed by atoms with Gasteiger partial charge in [0.1, 0.15) is 6.04 Å². The zero-order chi connectivity index (χ0) is 16.0. The molecule has 1 aliphatic rings. The summed E-state index contributed by atoms with van der Waals surface area (Å²) in [6.45, 7) is 0.658. The Bertz CT molecular complexity index is 937. The van der Waals surface area contributed by atoms with Crippen LogP contribution >= 0.6 is 0 Å². The number of carbonyl (C=O) groups is 1. The molecule has 3 aromatic rings. The van der Waals surface area contributed by atoms with E-state index < -0.39 is 0 Å². The standard InChI is InChI=1S/C15H16N6O2/c1-20-8-10(7-16-20)21-5-4-12(14(21)22)17-9-2-3-11-13(6-9)19-15(23)18-11/h2-3,6-8,12,17H,4-5H2,1H3,(H2,18,19,23). The molecule has 23 heavy (non-hydrogen) atoms. The van der Waals surface area contributed by atoms with E-state index in [4.69, 9.17) is 0 Å². The Kier molecular flexibility index (Phi) is 2.97. The molecule has 0 radical (unpaired) electrons. The van der Waals surface area contributed by atoms with Gasteiger partial charge in [-0.25, -0.2) is 4.79 Å². The molecule has 0 bridgehead atoms. The minimum atomic E-state index is -0.279. The molecule has 1 unspecified atom stereocenters. The van der Waals surface area contributed by atoms with Gasteiger partial charge in [0, 0.05) is 25.5 Å². The fraction of sp³-hybridized carbons (Fsp3) is 0.267. The second-order valence-corrected chi connectivity index (χ2v) is 5.69. The van der Waals surface area contributed by atoms with Crippen LogP contribution in [0.5, 0.6) is 0 Å². The van der Waals surface area contributed by atoms with E-state index >= 15 is 0 Å². The molecule has 1 saturated heterocycles. The maximum absolute atomic E-state index is 12.5. The molecular weight excluding hydrogens is 296 g/mol. The van der Waals surface area contributed by atoms with Gasteiger partial charge in [0.05, 0.1) is 22.9 Å². The van der Waals surface area contributed by atoms with Gasteiger partial charge in [0.2, 0.25) is 5.91 Å². The number of aryl methyl sites for hydroxylation is 1. The van der Waals surface area contributed by atoms with E-state index in [9.17, 15) is 9.59 Å². The molecule has 1 aliphatic heterocycles. The molecule has 1 aromatic carbocycles. The third-order valence-electron chi connectivity index (χ3n) is 4.07. The first-order valence-corrected chi connectivity index (χ1v) is 7.39. The fourth-order valence-corrected chi connectivity index (χ4v) is 2.94. The molecule has 0 aliphatic carbocycles. The van der Waals surface area contributed by atoms with Crippen LogP contribution in [0.15, 0.2) is 35.4 Å². The summed E-state index contributed by atoms with van der Waals surface area (Å²) in [4.78, 5) is 31.0. The third kappa shape index (κ3) is 2.37. The number of H-pyrrole nitrogens is 2. The quantitative estimate of drug-likeness (QED) is 0.666. The van der Waals surface area contributed by atoms with Gasteiger partial charge in [-0.2, -0.15) is 5.10 Å². The van der Waals surface area contributed by atoms with E-state index in [1.807, 2.05) is 31.4 Å². The molecule has 8 nitrogen and oxygen atoms in total. The van der Waals surface area contributed by atoms with E-state index in [-0.39, 0.29) is 17.6 Å². The SMILES string of the molecule is Cn1cc(N2CCC(Nc3ccc4[nH]c(=O)[nH]c4c3)C2=O)cn1. The van der Waals surface area contributed by atoms with E-state index in [0.717, 1.165) is 28.8 Å². The highest BCUT2D eigenvalue weighted by atomic mass is 16.2. The molecule has 3 heterocycles. The molecule has 1 atom stereocenters. The molecule has 8 heteroatoms. The van der Waals surface area contributed by atoms with Crippen molar-refractivity contribution in [3.05, 3.63) is 41.1 Å². The summed E-state index contributed by atoms with van der Waals surface area (Å²) in [6, 6.07) is 5.21. The number of fused-ring (bicyclic) bond motifs is 1. The third-order valence-corrected chi connectivity index (χ3v) is 4.07. The maximum atomic E-state index is 12.5. The molecule has 1 amide bonds. The van der Waals surface area contributed by atoms with Gasteiger partial charge in [-0.3, -0.25) is 9.48 Å². The van der Waals surface area contributed by atoms with Crippen molar-refractivity contribution < 1.29 is 4.79 Å². The van der Waals surface area contributed by atoms with Gasteiger partial charge < -0.3 is 20.2 Å². The summed E-state index contributed by atoms with van der Waals surface area (Å²) >= 11 is 0. The van der Waals surface area contributed by atoms with Crippen LogP contribution in [0, 0.1) is 0 Å². The van der Waals surface area contributed by atoms with Crippen molar-refractivity contribution in [2.75, 3.05) is 16.8 Å². The molecule has 0 saturated carbocycles. The van der Waals surface area contributed by atoms with E-state index in [1.54, 1.807) is 15.8 Å². The molecular formula is C15H16N6O2. The predicted molar refractivity (Wildman–Crippen MR) is 86.5 cm³/mol. The average Bonchev–Trinajstić information content (AvgIpc) is 3.18. The molecule has 118 valence electrons. The Balaban J connectivity index is 1.54. The average molecular weight is 312 g/mol. The summed E-state index contributed by atoms with van der Waals surface area (Å²) < 4.78 is 1.68. The minimum absolute atomic E-state index is 0.0284. The summed E-state index contributed by atoms with van der Waals surface area (Å²) in [5.41, 5.74) is 2.84. The van der Waals surface area contributed by atoms with E-state index in [1.165, 1.54) is 0 Å². The molecule has 0 spiro atoms. The summed E-state index contributed by atoms with van der Waals surface area (Å²) in [6.07, 6.45) is 4.24. The lowest BCUT2D eigenvalue weighted by Gasteiger charge is -2.15. The lowest BCUT2D eigenvalue weighted by Crippen LogP contribution is -2.33. The van der Waals surface area contributed by atoms with Crippen molar-refractivity contribution in [1.29, 1.82) is 0 Å². The van der Waals surface area contributed by atoms with Gasteiger partial charge in [-0.15, -0.1) is 0 Å². The number of benzene rings is 1. The lowest BCUT2D eigenvalue weighted by molar-refractivity contribution is -0.117. The normalized spacial score (nSPS) is 18.0. The minimum Gasteiger partial charge on any atom is -0.374 e. The number of nitrogens with one attached hydrogen (secondary N) is 3. The monoisotopic (exact) mass is 312 g/mol. The number of rotatable bonds is 3. The highest BCUT2D eigenvalue weighted by molar-refractivity contribution is 6.01. The number of aromatic amines is 2. The first-order valence-electron chi connectivity index (χ1n) is 7.39. The van der Waals surface area contributed by atoms with Crippen LogP contribution in [0.4, 0.5) is 11.4 Å². The van der Waals surface area contributed by atoms with Crippen molar-refractivity contribution in [3.8, 4) is 0 Å². The number of hydrogen-bond donors (Lipinski definition) is 3. The van der Waals surface area contributed by atoms with E-state index in [2.05, 4.69) is 20.4 Å². The number of amides is 1. The number of hydrogen-bond acceptors (Lipinski definition) is 4. The van der Waals surface area contributed by atoms with Gasteiger partial charge >= 0.3 is 5.69 Å². The fourth-order valence-electron chi connectivity index (χ4n) is 2.94. The topological polar surface area (TPSA) is 98.8 Å². The van der Waals surface area contributed by atoms with Crippen LogP contribution < -0.4 is 15.9 Å². The number of carbonyl (C=O) groups excluding carboxylic acids is 1. The van der Waals surface area contributed by atoms with Crippen LogP contribution in [0.3, 0.4) is 0 Å². The van der Waals surface area contributed by atoms with Crippen LogP contribution in [0.1, 0.15) is 6.42 Å². The largest absolute Gasteiger partial charge is 0.374 e. The van der Waals surface area contributed by atoms with Gasteiger partial charge in [0.25, 0.3) is 0 Å². The number of anilines is 2. The lowest BCUT2D eigenvalue weighted by atomic mass is 10.2. The van der Waals surface area contributed by atoms with E-state index in [0.29, 0.717) is 6.54 Å². The Morgan fingerprint density at radius 3 is 2.87 bits per heavy atom. The highest BCUT2D eigenvalue weighted by Gasteiger charge is 2.33. The zero-order valence-electron chi connectivity index (χ0n) is 12.5. The molecule has 2 aromatic heterocycles. The Morgan fingerprint density at radius 1 is 1.26 bits per heavy atom. The number of aromatic nitrogens is 4. The Hall–Kier alpha value is -3.03. The van der Waals surface area contributed by atoms with Crippen molar-refractivity contribution in [3.63, 3.8) is 0 Å². The van der Waals surface area contributed by atoms with Crippen LogP contribution in [0.2, 0.25) is 0 Å².